The van der Waals surface area contributed by atoms with Crippen LogP contribution in [0.25, 0.3) is 0 Å². The Morgan fingerprint density at radius 1 is 1.23 bits per heavy atom. The maximum atomic E-state index is 13.3. The van der Waals surface area contributed by atoms with Crippen LogP contribution in [0.5, 0.6) is 11.5 Å². The topological polar surface area (TPSA) is 64.6 Å². The van der Waals surface area contributed by atoms with Crippen LogP contribution >= 0.6 is 0 Å². The van der Waals surface area contributed by atoms with Gasteiger partial charge in [-0.1, -0.05) is 6.07 Å². The fraction of sp³-hybridized carbons (Fsp3) is 0.368. The number of nitrogens with one attached hydrogen (secondary N) is 1. The third kappa shape index (κ3) is 3.68. The van der Waals surface area contributed by atoms with Gasteiger partial charge in [-0.05, 0) is 50.6 Å². The van der Waals surface area contributed by atoms with E-state index >= 15 is 0 Å². The molecule has 2 aromatic rings. The number of sulfonamides is 1. The molecule has 0 bridgehead atoms. The SMILES string of the molecule is COc1ccc2c(c1)OC(C)(C)C[C@@H]2NS(=O)(=O)c1ccc(F)cc1C. The molecule has 1 atom stereocenters. The Kier molecular flexibility index (Phi) is 4.71. The van der Waals surface area contributed by atoms with E-state index in [4.69, 9.17) is 9.47 Å². The van der Waals surface area contributed by atoms with Gasteiger partial charge >= 0.3 is 0 Å². The Balaban J connectivity index is 1.99. The molecule has 0 fully saturated rings. The van der Waals surface area contributed by atoms with Gasteiger partial charge < -0.3 is 9.47 Å². The van der Waals surface area contributed by atoms with Gasteiger partial charge in [-0.25, -0.2) is 17.5 Å². The zero-order valence-electron chi connectivity index (χ0n) is 15.2. The van der Waals surface area contributed by atoms with Gasteiger partial charge in [-0.15, -0.1) is 0 Å². The van der Waals surface area contributed by atoms with Crippen LogP contribution in [-0.4, -0.2) is 21.1 Å². The van der Waals surface area contributed by atoms with E-state index in [0.29, 0.717) is 23.5 Å². The van der Waals surface area contributed by atoms with Crippen molar-refractivity contribution in [2.24, 2.45) is 0 Å². The fourth-order valence-corrected chi connectivity index (χ4v) is 4.67. The van der Waals surface area contributed by atoms with Crippen molar-refractivity contribution in [2.75, 3.05) is 7.11 Å². The molecule has 0 unspecified atom stereocenters. The van der Waals surface area contributed by atoms with Crippen LogP contribution in [-0.2, 0) is 10.0 Å². The minimum Gasteiger partial charge on any atom is -0.497 e. The molecule has 2 aromatic carbocycles. The Bertz CT molecular complexity index is 941. The number of rotatable bonds is 4. The summed E-state index contributed by atoms with van der Waals surface area (Å²) in [5, 5.41) is 0. The summed E-state index contributed by atoms with van der Waals surface area (Å²) in [7, 11) is -2.26. The van der Waals surface area contributed by atoms with Gasteiger partial charge in [0.2, 0.25) is 10.0 Å². The van der Waals surface area contributed by atoms with E-state index < -0.39 is 27.5 Å². The van der Waals surface area contributed by atoms with E-state index in [-0.39, 0.29) is 4.90 Å². The minimum atomic E-state index is -3.82. The van der Waals surface area contributed by atoms with Crippen molar-refractivity contribution in [2.45, 2.75) is 43.7 Å². The zero-order chi connectivity index (χ0) is 19.1. The van der Waals surface area contributed by atoms with E-state index in [9.17, 15) is 12.8 Å². The van der Waals surface area contributed by atoms with Crippen LogP contribution < -0.4 is 14.2 Å². The smallest absolute Gasteiger partial charge is 0.241 e. The summed E-state index contributed by atoms with van der Waals surface area (Å²) in [6, 6.07) is 8.50. The average Bonchev–Trinajstić information content (AvgIpc) is 2.52. The van der Waals surface area contributed by atoms with Crippen molar-refractivity contribution in [3.8, 4) is 11.5 Å². The highest BCUT2D eigenvalue weighted by molar-refractivity contribution is 7.89. The number of hydrogen-bond donors (Lipinski definition) is 1. The standard InChI is InChI=1S/C19H22FNO4S/c1-12-9-13(20)5-8-18(12)26(22,23)21-16-11-19(2,3)25-17-10-14(24-4)6-7-15(16)17/h5-10,16,21H,11H2,1-4H3/t16-/m0/s1. The van der Waals surface area contributed by atoms with Gasteiger partial charge in [-0.3, -0.25) is 0 Å². The highest BCUT2D eigenvalue weighted by Crippen LogP contribution is 2.41. The first kappa shape index (κ1) is 18.7. The second-order valence-electron chi connectivity index (χ2n) is 7.05. The monoisotopic (exact) mass is 379 g/mol. The van der Waals surface area contributed by atoms with Gasteiger partial charge in [-0.2, -0.15) is 0 Å². The van der Waals surface area contributed by atoms with Gasteiger partial charge in [0.25, 0.3) is 0 Å². The molecule has 0 spiro atoms. The predicted octanol–water partition coefficient (Wildman–Crippen LogP) is 3.72. The molecule has 1 aliphatic heterocycles. The van der Waals surface area contributed by atoms with Crippen molar-refractivity contribution >= 4 is 10.0 Å². The first-order valence-corrected chi connectivity index (χ1v) is 9.75. The second kappa shape index (κ2) is 6.55. The molecule has 0 amide bonds. The molecule has 0 saturated heterocycles. The lowest BCUT2D eigenvalue weighted by Crippen LogP contribution is -2.41. The normalized spacial score (nSPS) is 18.7. The van der Waals surface area contributed by atoms with Crippen LogP contribution in [0.15, 0.2) is 41.3 Å². The van der Waals surface area contributed by atoms with E-state index in [1.807, 2.05) is 13.8 Å². The summed E-state index contributed by atoms with van der Waals surface area (Å²) in [6.07, 6.45) is 0.464. The predicted molar refractivity (Wildman–Crippen MR) is 96.5 cm³/mol. The summed E-state index contributed by atoms with van der Waals surface area (Å²) in [6.45, 7) is 5.38. The zero-order valence-corrected chi connectivity index (χ0v) is 16.0. The van der Waals surface area contributed by atoms with E-state index in [1.54, 1.807) is 32.2 Å². The van der Waals surface area contributed by atoms with Crippen LogP contribution in [0.1, 0.15) is 37.4 Å². The van der Waals surface area contributed by atoms with E-state index in [0.717, 1.165) is 11.6 Å². The summed E-state index contributed by atoms with van der Waals surface area (Å²) in [4.78, 5) is 0.0678. The van der Waals surface area contributed by atoms with Crippen molar-refractivity contribution in [1.82, 2.24) is 4.72 Å². The van der Waals surface area contributed by atoms with E-state index in [2.05, 4.69) is 4.72 Å². The third-order valence-corrected chi connectivity index (χ3v) is 6.03. The maximum absolute atomic E-state index is 13.3. The molecule has 7 heteroatoms. The molecule has 140 valence electrons. The largest absolute Gasteiger partial charge is 0.497 e. The molecular weight excluding hydrogens is 357 g/mol. The summed E-state index contributed by atoms with van der Waals surface area (Å²) < 4.78 is 53.0. The number of aryl methyl sites for hydroxylation is 1. The van der Waals surface area contributed by atoms with Crippen molar-refractivity contribution in [3.63, 3.8) is 0 Å². The van der Waals surface area contributed by atoms with Crippen molar-refractivity contribution in [1.29, 1.82) is 0 Å². The number of benzene rings is 2. The Morgan fingerprint density at radius 2 is 1.96 bits per heavy atom. The Morgan fingerprint density at radius 3 is 2.62 bits per heavy atom. The lowest BCUT2D eigenvalue weighted by atomic mass is 9.90. The van der Waals surface area contributed by atoms with Gasteiger partial charge in [0.1, 0.15) is 22.9 Å². The number of halogens is 1. The lowest BCUT2D eigenvalue weighted by Gasteiger charge is -2.38. The highest BCUT2D eigenvalue weighted by atomic mass is 32.2. The molecule has 26 heavy (non-hydrogen) atoms. The van der Waals surface area contributed by atoms with Crippen LogP contribution in [0.4, 0.5) is 4.39 Å². The van der Waals surface area contributed by atoms with Gasteiger partial charge in [0.05, 0.1) is 18.0 Å². The van der Waals surface area contributed by atoms with Crippen molar-refractivity contribution in [3.05, 3.63) is 53.3 Å². The number of hydrogen-bond acceptors (Lipinski definition) is 4. The van der Waals surface area contributed by atoms with Crippen molar-refractivity contribution < 1.29 is 22.3 Å². The number of ether oxygens (including phenoxy) is 2. The highest BCUT2D eigenvalue weighted by Gasteiger charge is 2.36. The maximum Gasteiger partial charge on any atom is 0.241 e. The van der Waals surface area contributed by atoms with E-state index in [1.165, 1.54) is 12.1 Å². The second-order valence-corrected chi connectivity index (χ2v) is 8.74. The average molecular weight is 379 g/mol. The van der Waals surface area contributed by atoms with Crippen LogP contribution in [0, 0.1) is 12.7 Å². The summed E-state index contributed by atoms with van der Waals surface area (Å²) in [5.41, 5.74) is 0.553. The quantitative estimate of drug-likeness (QED) is 0.879. The summed E-state index contributed by atoms with van der Waals surface area (Å²) in [5.74, 6) is 0.757. The Hall–Kier alpha value is -2.12. The summed E-state index contributed by atoms with van der Waals surface area (Å²) >= 11 is 0. The van der Waals surface area contributed by atoms with Crippen LogP contribution in [0.3, 0.4) is 0 Å². The fourth-order valence-electron chi connectivity index (χ4n) is 3.23. The molecule has 1 heterocycles. The lowest BCUT2D eigenvalue weighted by molar-refractivity contribution is 0.0699. The first-order valence-electron chi connectivity index (χ1n) is 8.27. The molecule has 5 nitrogen and oxygen atoms in total. The van der Waals surface area contributed by atoms with Crippen LogP contribution in [0.2, 0.25) is 0 Å². The number of methoxy groups -OCH3 is 1. The minimum absolute atomic E-state index is 0.0678. The Labute approximate surface area is 153 Å². The molecule has 0 aliphatic carbocycles. The third-order valence-electron chi connectivity index (χ3n) is 4.40. The molecular formula is C19H22FNO4S. The molecule has 3 rings (SSSR count). The first-order chi connectivity index (χ1) is 12.1. The molecule has 0 radical (unpaired) electrons. The number of fused-ring (bicyclic) bond motifs is 1. The van der Waals surface area contributed by atoms with Gasteiger partial charge in [0, 0.05) is 18.1 Å². The molecule has 0 saturated carbocycles. The molecule has 1 aliphatic rings. The molecule has 1 N–H and O–H groups in total. The van der Waals surface area contributed by atoms with Gasteiger partial charge in [0.15, 0.2) is 0 Å². The molecule has 0 aromatic heterocycles.